The Morgan fingerprint density at radius 3 is 2.35 bits per heavy atom. The van der Waals surface area contributed by atoms with Crippen molar-refractivity contribution >= 4 is 72.1 Å². The number of amides is 3. The molecule has 23 nitrogen and oxygen atoms in total. The molecule has 4 aliphatic rings. The van der Waals surface area contributed by atoms with E-state index in [4.69, 9.17) is 46.4 Å². The lowest BCUT2D eigenvalue weighted by molar-refractivity contribution is -0.175. The molecule has 1 saturated carbocycles. The van der Waals surface area contributed by atoms with E-state index in [1.54, 1.807) is 41.8 Å². The number of ketones is 3. The number of pyridine rings is 2. The van der Waals surface area contributed by atoms with E-state index in [9.17, 15) is 43.2 Å². The van der Waals surface area contributed by atoms with Gasteiger partial charge in [0.1, 0.15) is 38.0 Å². The quantitative estimate of drug-likeness (QED) is 0.00576. The molecule has 0 bridgehead atoms. The number of ether oxygens (including phenoxy) is 5. The predicted octanol–water partition coefficient (Wildman–Crippen LogP) is 11.1. The molecule has 504 valence electrons. The predicted molar refractivity (Wildman–Crippen MR) is 356 cm³/mol. The highest BCUT2D eigenvalue weighted by Gasteiger charge is 2.51. The minimum atomic E-state index is -2.14. The number of Topliss-reactive ketones (excluding diaryl/α,β-unsaturated/α-hetero) is 3. The molecule has 1 aliphatic carbocycles. The Hall–Kier alpha value is -8.33. The van der Waals surface area contributed by atoms with Crippen molar-refractivity contribution in [3.8, 4) is 29.5 Å². The number of carbonyl (C=O) groups is 8. The van der Waals surface area contributed by atoms with E-state index in [2.05, 4.69) is 67.4 Å². The van der Waals surface area contributed by atoms with Crippen LogP contribution in [0.4, 0.5) is 10.5 Å². The normalized spacial score (nSPS) is 17.7. The SMILES string of the molecule is C#CCCC(=O)C1CCC(CN2C(=O)C=CC2=O)CC1.[3H]CCNCCCCC(CC(=O)COCC(=O)CCCOCCN=[N+]=[N-])C(=O)Nc1ccc(COC(=O)OC2(CC)C(=O)OCc3c2cc2n(c3=O)Cc3c-2nc2ccc(O[Si](C)(C)C(C)(C)C)cc2c3CC)cc1. The number of imide groups is 1. The number of esters is 1. The number of anilines is 1. The van der Waals surface area contributed by atoms with Gasteiger partial charge in [0, 0.05) is 97.9 Å². The number of fused-ring (bicyclic) bond motifs is 5. The average Bonchev–Trinajstić information content (AvgIpc) is 1.63. The van der Waals surface area contributed by atoms with Gasteiger partial charge < -0.3 is 43.3 Å². The number of rotatable bonds is 33. The number of nitrogens with zero attached hydrogens (tertiary/aromatic N) is 6. The summed E-state index contributed by atoms with van der Waals surface area (Å²) >= 11 is 0. The van der Waals surface area contributed by atoms with Crippen LogP contribution in [0.5, 0.6) is 5.75 Å². The van der Waals surface area contributed by atoms with Crippen molar-refractivity contribution < 1.29 is 67.8 Å². The Bertz CT molecular complexity index is 3620. The molecule has 3 aliphatic heterocycles. The lowest BCUT2D eigenvalue weighted by Crippen LogP contribution is -2.47. The highest BCUT2D eigenvalue weighted by atomic mass is 28.4. The highest BCUT2D eigenvalue weighted by molar-refractivity contribution is 6.74. The molecular weight excluding hydrogens is 1220 g/mol. The number of nitrogens with one attached hydrogen (secondary N) is 2. The summed E-state index contributed by atoms with van der Waals surface area (Å²) in [6.45, 7) is 16.6. The summed E-state index contributed by atoms with van der Waals surface area (Å²) in [7, 11) is -2.14. The van der Waals surface area contributed by atoms with Crippen LogP contribution in [0.3, 0.4) is 0 Å². The number of benzene rings is 2. The van der Waals surface area contributed by atoms with Crippen molar-refractivity contribution in [3.63, 3.8) is 0 Å². The lowest BCUT2D eigenvalue weighted by atomic mass is 9.79. The van der Waals surface area contributed by atoms with Gasteiger partial charge in [0.05, 0.1) is 35.6 Å². The zero-order valence-corrected chi connectivity index (χ0v) is 56.3. The summed E-state index contributed by atoms with van der Waals surface area (Å²) in [6, 6.07) is 14.2. The number of unbranched alkanes of at least 4 members (excludes halogenated alkanes) is 1. The lowest BCUT2D eigenvalue weighted by Gasteiger charge is -2.36. The van der Waals surface area contributed by atoms with E-state index in [0.717, 1.165) is 59.9 Å². The number of cyclic esters (lactones) is 1. The molecule has 4 aromatic rings. The van der Waals surface area contributed by atoms with E-state index in [1.807, 2.05) is 18.2 Å². The number of hydrogen-bond acceptors (Lipinski definition) is 18. The second kappa shape index (κ2) is 34.2. The fourth-order valence-corrected chi connectivity index (χ4v) is 12.8. The monoisotopic (exact) mass is 1310 g/mol. The minimum Gasteiger partial charge on any atom is -0.543 e. The first-order chi connectivity index (χ1) is 45.5. The summed E-state index contributed by atoms with van der Waals surface area (Å²) in [5.74, 6) is 1.11. The van der Waals surface area contributed by atoms with Gasteiger partial charge in [0.2, 0.25) is 19.8 Å². The van der Waals surface area contributed by atoms with Crippen molar-refractivity contribution in [2.45, 2.75) is 175 Å². The van der Waals surface area contributed by atoms with Crippen molar-refractivity contribution in [1.82, 2.24) is 19.8 Å². The number of carbonyl (C=O) groups excluding carboxylic acids is 8. The van der Waals surface area contributed by atoms with Crippen molar-refractivity contribution in [2.75, 3.05) is 57.9 Å². The van der Waals surface area contributed by atoms with Gasteiger partial charge in [-0.1, -0.05) is 65.2 Å². The first-order valence-corrected chi connectivity index (χ1v) is 35.4. The van der Waals surface area contributed by atoms with E-state index in [1.165, 1.54) is 17.1 Å². The molecule has 0 spiro atoms. The third-order valence-corrected chi connectivity index (χ3v) is 22.5. The van der Waals surface area contributed by atoms with Gasteiger partial charge in [-0.15, -0.1) is 12.3 Å². The Morgan fingerprint density at radius 1 is 0.936 bits per heavy atom. The van der Waals surface area contributed by atoms with Crippen LogP contribution in [0.2, 0.25) is 18.1 Å². The summed E-state index contributed by atoms with van der Waals surface area (Å²) in [5, 5.41) is 10.4. The van der Waals surface area contributed by atoms with Crippen molar-refractivity contribution in [2.24, 2.45) is 22.9 Å². The zero-order chi connectivity index (χ0) is 68.9. The second-order valence-electron chi connectivity index (χ2n) is 25.6. The molecule has 0 saturated heterocycles. The Morgan fingerprint density at radius 2 is 1.67 bits per heavy atom. The molecule has 94 heavy (non-hydrogen) atoms. The largest absolute Gasteiger partial charge is 0.543 e. The molecule has 24 heteroatoms. The maximum Gasteiger partial charge on any atom is 0.510 e. The Labute approximate surface area is 551 Å². The Kier molecular flexibility index (Phi) is 26.0. The molecule has 8 rings (SSSR count). The molecule has 5 heterocycles. The first-order valence-electron chi connectivity index (χ1n) is 33.2. The number of hydrogen-bond donors (Lipinski definition) is 2. The fourth-order valence-electron chi connectivity index (χ4n) is 11.8. The second-order valence-corrected chi connectivity index (χ2v) is 30.3. The molecule has 2 atom stereocenters. The van der Waals surface area contributed by atoms with Crippen LogP contribution >= 0.6 is 0 Å². The minimum absolute atomic E-state index is 0.00299. The smallest absolute Gasteiger partial charge is 0.510 e. The molecule has 0 radical (unpaired) electrons. The van der Waals surface area contributed by atoms with Crippen LogP contribution in [0.1, 0.15) is 154 Å². The van der Waals surface area contributed by atoms with E-state index in [0.29, 0.717) is 93.3 Å². The molecule has 2 N–H and O–H groups in total. The van der Waals surface area contributed by atoms with Gasteiger partial charge in [-0.3, -0.25) is 38.5 Å². The number of terminal acetylenes is 1. The average molecular weight is 1310 g/mol. The third-order valence-electron chi connectivity index (χ3n) is 18.1. The van der Waals surface area contributed by atoms with Crippen molar-refractivity contribution in [1.29, 1.82) is 0 Å². The van der Waals surface area contributed by atoms with Crippen LogP contribution < -0.4 is 20.6 Å². The standard InChI is InChI=1S/C54H71N7O12Si.C16H19NO3/c1-9-41-42-28-40(73-74(7,8)53(4,5)6)21-22-46(42)59-48-43(41)30-61-47(48)29-45-44(50(61)65)34-70-51(66)54(45,10-2)72-52(67)71-31-35-17-19-37(20-18-35)58-49(64)36(15-12-13-23-56-11-3)27-39(63)33-69-32-38(62)16-14-25-68-26-24-57-60-55;1-2-3-4-14(18)13-7-5-12(6-8-13)11-17-15(19)9-10-16(17)20/h17-22,28-29,36,56H,9-16,23-27,30-34H2,1-8H3,(H,58,64);1,9-10,12-13H,3-8,11H2/i3T;. The van der Waals surface area contributed by atoms with Gasteiger partial charge in [0.15, 0.2) is 11.6 Å². The van der Waals surface area contributed by atoms with Crippen LogP contribution in [0.15, 0.2) is 70.6 Å². The van der Waals surface area contributed by atoms with Gasteiger partial charge in [-0.2, -0.15) is 0 Å². The topological polar surface area (TPSA) is 303 Å². The van der Waals surface area contributed by atoms with Gasteiger partial charge in [-0.25, -0.2) is 14.6 Å². The Balaban J connectivity index is 0.000000540. The first kappa shape index (κ1) is 71.5. The maximum atomic E-state index is 14.3. The van der Waals surface area contributed by atoms with E-state index < -0.39 is 32.0 Å². The van der Waals surface area contributed by atoms with E-state index in [-0.39, 0.29) is 135 Å². The molecule has 2 aromatic heterocycles. The highest BCUT2D eigenvalue weighted by Crippen LogP contribution is 2.44. The summed E-state index contributed by atoms with van der Waals surface area (Å²) in [5.41, 5.74) is 11.1. The summed E-state index contributed by atoms with van der Waals surface area (Å²) in [4.78, 5) is 124. The van der Waals surface area contributed by atoms with Crippen molar-refractivity contribution in [3.05, 3.63) is 109 Å². The molecule has 1 fully saturated rings. The van der Waals surface area contributed by atoms with E-state index >= 15 is 0 Å². The number of aromatic nitrogens is 2. The van der Waals surface area contributed by atoms with Crippen LogP contribution in [0, 0.1) is 30.1 Å². The molecule has 3 amide bonds. The maximum absolute atomic E-state index is 14.3. The summed E-state index contributed by atoms with van der Waals surface area (Å²) < 4.78 is 43.3. The molecule has 2 unspecified atom stereocenters. The van der Waals surface area contributed by atoms with Crippen LogP contribution in [-0.4, -0.2) is 123 Å². The zero-order valence-electron chi connectivity index (χ0n) is 56.3. The van der Waals surface area contributed by atoms with Gasteiger partial charge >= 0.3 is 12.1 Å². The fraction of sp³-hybridized carbons (Fsp3) is 0.543. The molecular formula is C70H90N8O15Si. The van der Waals surface area contributed by atoms with Gasteiger partial charge in [-0.05, 0) is 148 Å². The van der Waals surface area contributed by atoms with Crippen LogP contribution in [-0.2, 0) is 89.0 Å². The number of azide groups is 1. The van der Waals surface area contributed by atoms with Gasteiger partial charge in [0.25, 0.3) is 17.4 Å². The third kappa shape index (κ3) is 19.0. The molecule has 2 aromatic carbocycles. The number of aryl methyl sites for hydroxylation is 1. The van der Waals surface area contributed by atoms with Crippen LogP contribution in [0.25, 0.3) is 32.7 Å². The summed E-state index contributed by atoms with van der Waals surface area (Å²) in [6.07, 6.45) is 14.1.